The van der Waals surface area contributed by atoms with E-state index in [1.165, 1.54) is 29.5 Å². The van der Waals surface area contributed by atoms with Gasteiger partial charge in [-0.3, -0.25) is 0 Å². The predicted molar refractivity (Wildman–Crippen MR) is 48.3 cm³/mol. The number of halogens is 1. The smallest absolute Gasteiger partial charge is 0.338 e. The molecule has 0 aliphatic heterocycles. The van der Waals surface area contributed by atoms with Gasteiger partial charge in [0.1, 0.15) is 18.5 Å². The van der Waals surface area contributed by atoms with Gasteiger partial charge in [-0.1, -0.05) is 0 Å². The Bertz CT molecular complexity index is 496. The Morgan fingerprint density at radius 1 is 1.47 bits per heavy atom. The van der Waals surface area contributed by atoms with Gasteiger partial charge in [-0.25, -0.2) is 18.9 Å². The molecule has 0 radical (unpaired) electrons. The van der Waals surface area contributed by atoms with E-state index in [4.69, 9.17) is 5.11 Å². The molecule has 76 valence electrons. The summed E-state index contributed by atoms with van der Waals surface area (Å²) in [5.74, 6) is -2.09. The molecular formula is C9H6FN3O2. The molecule has 5 nitrogen and oxygen atoms in total. The maximum absolute atomic E-state index is 13.3. The van der Waals surface area contributed by atoms with Gasteiger partial charge in [-0.15, -0.1) is 0 Å². The summed E-state index contributed by atoms with van der Waals surface area (Å²) in [5, 5.41) is 12.4. The first-order chi connectivity index (χ1) is 7.18. The zero-order valence-corrected chi connectivity index (χ0v) is 7.46. The molecule has 0 bridgehead atoms. The van der Waals surface area contributed by atoms with Gasteiger partial charge < -0.3 is 5.11 Å². The Morgan fingerprint density at radius 2 is 2.27 bits per heavy atom. The van der Waals surface area contributed by atoms with Crippen LogP contribution in [0.5, 0.6) is 0 Å². The standard InChI is InChI=1S/C9H6FN3O2/c10-8-3-6(13-5-11-4-12-13)1-2-7(8)9(14)15/h1-5H,(H,14,15). The van der Waals surface area contributed by atoms with Gasteiger partial charge in [0.15, 0.2) is 0 Å². The van der Waals surface area contributed by atoms with E-state index in [1.807, 2.05) is 0 Å². The summed E-state index contributed by atoms with van der Waals surface area (Å²) in [6.07, 6.45) is 2.71. The lowest BCUT2D eigenvalue weighted by Gasteiger charge is -2.02. The molecule has 1 aromatic carbocycles. The van der Waals surface area contributed by atoms with Crippen LogP contribution in [-0.4, -0.2) is 25.8 Å². The first kappa shape index (κ1) is 9.32. The summed E-state index contributed by atoms with van der Waals surface area (Å²) in [7, 11) is 0. The number of benzene rings is 1. The van der Waals surface area contributed by atoms with Crippen LogP contribution in [0.4, 0.5) is 4.39 Å². The molecule has 1 heterocycles. The molecule has 0 spiro atoms. The fourth-order valence-electron chi connectivity index (χ4n) is 1.16. The summed E-state index contributed by atoms with van der Waals surface area (Å²) in [6, 6.07) is 3.74. The molecule has 2 aromatic rings. The molecule has 2 rings (SSSR count). The normalized spacial score (nSPS) is 10.2. The van der Waals surface area contributed by atoms with Gasteiger partial charge in [-0.05, 0) is 12.1 Å². The van der Waals surface area contributed by atoms with E-state index >= 15 is 0 Å². The van der Waals surface area contributed by atoms with Gasteiger partial charge in [0.25, 0.3) is 0 Å². The number of carboxylic acids is 1. The fourth-order valence-corrected chi connectivity index (χ4v) is 1.16. The van der Waals surface area contributed by atoms with Crippen LogP contribution in [0, 0.1) is 5.82 Å². The highest BCUT2D eigenvalue weighted by Gasteiger charge is 2.10. The Balaban J connectivity index is 2.47. The van der Waals surface area contributed by atoms with E-state index < -0.39 is 11.8 Å². The number of aromatic nitrogens is 3. The van der Waals surface area contributed by atoms with Crippen molar-refractivity contribution in [1.82, 2.24) is 14.8 Å². The number of nitrogens with zero attached hydrogens (tertiary/aromatic N) is 3. The lowest BCUT2D eigenvalue weighted by atomic mass is 10.2. The minimum atomic E-state index is -1.29. The van der Waals surface area contributed by atoms with E-state index in [0.717, 1.165) is 6.07 Å². The Kier molecular flexibility index (Phi) is 2.17. The molecule has 15 heavy (non-hydrogen) atoms. The van der Waals surface area contributed by atoms with Crippen LogP contribution in [0.15, 0.2) is 30.9 Å². The van der Waals surface area contributed by atoms with Crippen molar-refractivity contribution in [2.45, 2.75) is 0 Å². The number of hydrogen-bond donors (Lipinski definition) is 1. The average Bonchev–Trinajstić information content (AvgIpc) is 2.69. The van der Waals surface area contributed by atoms with Crippen molar-refractivity contribution in [2.24, 2.45) is 0 Å². The number of aromatic carboxylic acids is 1. The van der Waals surface area contributed by atoms with Crippen LogP contribution in [0.2, 0.25) is 0 Å². The maximum atomic E-state index is 13.3. The Labute approximate surface area is 83.8 Å². The van der Waals surface area contributed by atoms with Crippen molar-refractivity contribution < 1.29 is 14.3 Å². The molecule has 0 amide bonds. The molecule has 6 heteroatoms. The maximum Gasteiger partial charge on any atom is 0.338 e. The third kappa shape index (κ3) is 1.69. The number of carboxylic acid groups (broad SMARTS) is 1. The van der Waals surface area contributed by atoms with Crippen molar-refractivity contribution in [2.75, 3.05) is 0 Å². The first-order valence-corrected chi connectivity index (χ1v) is 4.06. The van der Waals surface area contributed by atoms with Crippen molar-refractivity contribution in [3.05, 3.63) is 42.2 Å². The summed E-state index contributed by atoms with van der Waals surface area (Å²) in [5.41, 5.74) is 0.0638. The summed E-state index contributed by atoms with van der Waals surface area (Å²) < 4.78 is 14.6. The van der Waals surface area contributed by atoms with Gasteiger partial charge in [0.2, 0.25) is 0 Å². The Hall–Kier alpha value is -2.24. The van der Waals surface area contributed by atoms with Crippen LogP contribution in [0.25, 0.3) is 5.69 Å². The lowest BCUT2D eigenvalue weighted by Crippen LogP contribution is -2.02. The van der Waals surface area contributed by atoms with E-state index in [1.54, 1.807) is 0 Å². The SMILES string of the molecule is O=C(O)c1ccc(-n2cncn2)cc1F. The van der Waals surface area contributed by atoms with Crippen LogP contribution < -0.4 is 0 Å². The van der Waals surface area contributed by atoms with Gasteiger partial charge in [0.05, 0.1) is 11.3 Å². The third-order valence-electron chi connectivity index (χ3n) is 1.87. The highest BCUT2D eigenvalue weighted by atomic mass is 19.1. The topological polar surface area (TPSA) is 68.0 Å². The van der Waals surface area contributed by atoms with Gasteiger partial charge >= 0.3 is 5.97 Å². The number of rotatable bonds is 2. The molecule has 0 fully saturated rings. The average molecular weight is 207 g/mol. The number of carbonyl (C=O) groups is 1. The monoisotopic (exact) mass is 207 g/mol. The molecule has 0 aliphatic rings. The van der Waals surface area contributed by atoms with Crippen molar-refractivity contribution in [3.8, 4) is 5.69 Å². The first-order valence-electron chi connectivity index (χ1n) is 4.06. The van der Waals surface area contributed by atoms with Crippen molar-refractivity contribution in [3.63, 3.8) is 0 Å². The molecule has 0 atom stereocenters. The van der Waals surface area contributed by atoms with Crippen molar-refractivity contribution in [1.29, 1.82) is 0 Å². The predicted octanol–water partition coefficient (Wildman–Crippen LogP) is 1.10. The highest BCUT2D eigenvalue weighted by Crippen LogP contribution is 2.12. The van der Waals surface area contributed by atoms with Gasteiger partial charge in [0, 0.05) is 6.07 Å². The zero-order valence-electron chi connectivity index (χ0n) is 7.46. The number of hydrogen-bond acceptors (Lipinski definition) is 3. The third-order valence-corrected chi connectivity index (χ3v) is 1.87. The van der Waals surface area contributed by atoms with Crippen LogP contribution >= 0.6 is 0 Å². The largest absolute Gasteiger partial charge is 0.478 e. The fraction of sp³-hybridized carbons (Fsp3) is 0. The summed E-state index contributed by atoms with van der Waals surface area (Å²) in [6.45, 7) is 0. The minimum Gasteiger partial charge on any atom is -0.478 e. The Morgan fingerprint density at radius 3 is 2.80 bits per heavy atom. The van der Waals surface area contributed by atoms with Gasteiger partial charge in [-0.2, -0.15) is 5.10 Å². The molecule has 1 N–H and O–H groups in total. The summed E-state index contributed by atoms with van der Waals surface area (Å²) in [4.78, 5) is 14.2. The van der Waals surface area contributed by atoms with Crippen LogP contribution in [0.1, 0.15) is 10.4 Å². The second kappa shape index (κ2) is 3.49. The minimum absolute atomic E-state index is 0.362. The van der Waals surface area contributed by atoms with E-state index in [-0.39, 0.29) is 5.56 Å². The van der Waals surface area contributed by atoms with E-state index in [9.17, 15) is 9.18 Å². The summed E-state index contributed by atoms with van der Waals surface area (Å²) >= 11 is 0. The quantitative estimate of drug-likeness (QED) is 0.800. The van der Waals surface area contributed by atoms with E-state index in [2.05, 4.69) is 10.1 Å². The zero-order chi connectivity index (χ0) is 10.8. The molecular weight excluding hydrogens is 201 g/mol. The van der Waals surface area contributed by atoms with E-state index in [0.29, 0.717) is 5.69 Å². The van der Waals surface area contributed by atoms with Crippen LogP contribution in [0.3, 0.4) is 0 Å². The molecule has 0 saturated heterocycles. The molecule has 0 aliphatic carbocycles. The molecule has 0 unspecified atom stereocenters. The molecule has 1 aromatic heterocycles. The second-order valence-corrected chi connectivity index (χ2v) is 2.81. The highest BCUT2D eigenvalue weighted by molar-refractivity contribution is 5.88. The lowest BCUT2D eigenvalue weighted by molar-refractivity contribution is 0.0692. The molecule has 0 saturated carbocycles. The van der Waals surface area contributed by atoms with Crippen molar-refractivity contribution >= 4 is 5.97 Å². The van der Waals surface area contributed by atoms with Crippen LogP contribution in [-0.2, 0) is 0 Å². The second-order valence-electron chi connectivity index (χ2n) is 2.81.